The minimum Gasteiger partial charge on any atom is -0.291 e. The summed E-state index contributed by atoms with van der Waals surface area (Å²) in [5.41, 5.74) is 1.97. The van der Waals surface area contributed by atoms with Gasteiger partial charge in [0.05, 0.1) is 10.9 Å². The molecule has 1 atom stereocenters. The molecule has 0 spiro atoms. The van der Waals surface area contributed by atoms with Gasteiger partial charge < -0.3 is 0 Å². The average Bonchev–Trinajstić information content (AvgIpc) is 2.93. The van der Waals surface area contributed by atoms with E-state index < -0.39 is 5.92 Å². The van der Waals surface area contributed by atoms with E-state index in [1.165, 1.54) is 23.3 Å². The fraction of sp³-hybridized carbons (Fsp3) is 0.312. The van der Waals surface area contributed by atoms with Crippen molar-refractivity contribution >= 4 is 17.1 Å². The Kier molecular flexibility index (Phi) is 3.62. The van der Waals surface area contributed by atoms with Crippen LogP contribution in [0.1, 0.15) is 44.4 Å². The van der Waals surface area contributed by atoms with E-state index in [0.29, 0.717) is 10.4 Å². The maximum Gasteiger partial charge on any atom is 0.194 e. The van der Waals surface area contributed by atoms with E-state index in [1.807, 2.05) is 6.07 Å². The zero-order chi connectivity index (χ0) is 13.9. The Labute approximate surface area is 121 Å². The molecule has 1 aliphatic carbocycles. The molecule has 20 heavy (non-hydrogen) atoms. The van der Waals surface area contributed by atoms with Crippen LogP contribution in [0.5, 0.6) is 0 Å². The number of pyridine rings is 1. The van der Waals surface area contributed by atoms with Crippen molar-refractivity contribution in [3.63, 3.8) is 0 Å². The summed E-state index contributed by atoms with van der Waals surface area (Å²) in [7, 11) is 0. The first kappa shape index (κ1) is 13.0. The lowest BCUT2D eigenvalue weighted by Gasteiger charge is -2.08. The molecule has 0 aliphatic heterocycles. The number of carbonyl (C=O) groups excluding carboxylic acids is 1. The van der Waals surface area contributed by atoms with Crippen LogP contribution in [0.25, 0.3) is 0 Å². The van der Waals surface area contributed by atoms with Gasteiger partial charge in [-0.1, -0.05) is 6.07 Å². The molecule has 1 aliphatic rings. The van der Waals surface area contributed by atoms with Crippen LogP contribution in [0.3, 0.4) is 0 Å². The highest BCUT2D eigenvalue weighted by Gasteiger charge is 2.25. The monoisotopic (exact) mass is 282 g/mol. The van der Waals surface area contributed by atoms with Gasteiger partial charge in [-0.15, -0.1) is 11.3 Å². The molecular formula is C16H14N2OS. The minimum atomic E-state index is -0.746. The van der Waals surface area contributed by atoms with Gasteiger partial charge in [0.15, 0.2) is 5.78 Å². The third-order valence-electron chi connectivity index (χ3n) is 3.65. The Morgan fingerprint density at radius 3 is 2.95 bits per heavy atom. The van der Waals surface area contributed by atoms with Crippen LogP contribution in [0.15, 0.2) is 30.6 Å². The Bertz CT molecular complexity index is 646. The maximum absolute atomic E-state index is 12.6. The number of rotatable bonds is 3. The first-order valence-corrected chi connectivity index (χ1v) is 7.56. The van der Waals surface area contributed by atoms with E-state index in [0.717, 1.165) is 12.8 Å². The summed E-state index contributed by atoms with van der Waals surface area (Å²) in [6.07, 6.45) is 7.76. The van der Waals surface area contributed by atoms with Crippen LogP contribution in [0.2, 0.25) is 0 Å². The Morgan fingerprint density at radius 1 is 1.40 bits per heavy atom. The number of thiophene rings is 1. The highest BCUT2D eigenvalue weighted by atomic mass is 32.1. The summed E-state index contributed by atoms with van der Waals surface area (Å²) < 4.78 is 0. The summed E-state index contributed by atoms with van der Waals surface area (Å²) in [6.45, 7) is 0. The molecule has 3 nitrogen and oxygen atoms in total. The molecule has 4 heteroatoms. The number of carbonyl (C=O) groups is 1. The zero-order valence-electron chi connectivity index (χ0n) is 11.0. The number of hydrogen-bond donors (Lipinski definition) is 0. The van der Waals surface area contributed by atoms with Crippen molar-refractivity contribution in [3.05, 3.63) is 51.5 Å². The van der Waals surface area contributed by atoms with Gasteiger partial charge in [-0.2, -0.15) is 5.26 Å². The zero-order valence-corrected chi connectivity index (χ0v) is 11.8. The van der Waals surface area contributed by atoms with Gasteiger partial charge in [-0.05, 0) is 48.9 Å². The maximum atomic E-state index is 12.6. The van der Waals surface area contributed by atoms with E-state index in [-0.39, 0.29) is 5.78 Å². The molecule has 0 N–H and O–H groups in total. The normalized spacial score (nSPS) is 15.2. The molecule has 0 amide bonds. The third-order valence-corrected chi connectivity index (χ3v) is 4.90. The second kappa shape index (κ2) is 5.56. The number of nitrogens with zero attached hydrogens (tertiary/aromatic N) is 2. The van der Waals surface area contributed by atoms with Gasteiger partial charge in [0.2, 0.25) is 0 Å². The molecule has 2 heterocycles. The molecule has 0 saturated heterocycles. The van der Waals surface area contributed by atoms with Crippen LogP contribution >= 0.6 is 11.3 Å². The van der Waals surface area contributed by atoms with Gasteiger partial charge >= 0.3 is 0 Å². The van der Waals surface area contributed by atoms with E-state index in [4.69, 9.17) is 0 Å². The molecular weight excluding hydrogens is 268 g/mol. The summed E-state index contributed by atoms with van der Waals surface area (Å²) in [5, 5.41) is 9.32. The highest BCUT2D eigenvalue weighted by Crippen LogP contribution is 2.32. The van der Waals surface area contributed by atoms with Gasteiger partial charge in [-0.3, -0.25) is 9.78 Å². The molecule has 0 fully saturated rings. The quantitative estimate of drug-likeness (QED) is 0.809. The van der Waals surface area contributed by atoms with Crippen LogP contribution < -0.4 is 0 Å². The van der Waals surface area contributed by atoms with Crippen LogP contribution in [0.4, 0.5) is 0 Å². The predicted molar refractivity (Wildman–Crippen MR) is 77.9 cm³/mol. The van der Waals surface area contributed by atoms with Crippen LogP contribution in [-0.2, 0) is 12.8 Å². The number of aromatic nitrogens is 1. The summed E-state index contributed by atoms with van der Waals surface area (Å²) in [4.78, 5) is 18.6. The second-order valence-corrected chi connectivity index (χ2v) is 6.12. The summed E-state index contributed by atoms with van der Waals surface area (Å²) >= 11 is 1.56. The molecule has 0 saturated carbocycles. The first-order chi connectivity index (χ1) is 9.79. The molecule has 0 radical (unpaired) electrons. The molecule has 2 aromatic rings. The van der Waals surface area contributed by atoms with Crippen LogP contribution in [0, 0.1) is 11.3 Å². The van der Waals surface area contributed by atoms with Crippen molar-refractivity contribution in [2.75, 3.05) is 0 Å². The number of fused-ring (bicyclic) bond motifs is 1. The van der Waals surface area contributed by atoms with Crippen molar-refractivity contribution in [2.24, 2.45) is 0 Å². The first-order valence-electron chi connectivity index (χ1n) is 6.75. The SMILES string of the molecule is N#CC(C(=O)c1cc2c(s1)CCCC2)c1cccnc1. The molecule has 2 aromatic heterocycles. The highest BCUT2D eigenvalue weighted by molar-refractivity contribution is 7.14. The third kappa shape index (κ3) is 2.37. The topological polar surface area (TPSA) is 53.8 Å². The predicted octanol–water partition coefficient (Wildman–Crippen LogP) is 3.51. The number of ketones is 1. The number of aryl methyl sites for hydroxylation is 2. The van der Waals surface area contributed by atoms with Crippen molar-refractivity contribution in [3.8, 4) is 6.07 Å². The second-order valence-electron chi connectivity index (χ2n) is 4.98. The largest absolute Gasteiger partial charge is 0.291 e. The van der Waals surface area contributed by atoms with Gasteiger partial charge in [0.1, 0.15) is 5.92 Å². The van der Waals surface area contributed by atoms with E-state index in [2.05, 4.69) is 11.1 Å². The van der Waals surface area contributed by atoms with Crippen LogP contribution in [-0.4, -0.2) is 10.8 Å². The molecule has 0 bridgehead atoms. The van der Waals surface area contributed by atoms with Crippen molar-refractivity contribution in [2.45, 2.75) is 31.6 Å². The smallest absolute Gasteiger partial charge is 0.194 e. The fourth-order valence-electron chi connectivity index (χ4n) is 2.59. The van der Waals surface area contributed by atoms with E-state index in [1.54, 1.807) is 35.9 Å². The number of hydrogen-bond acceptors (Lipinski definition) is 4. The van der Waals surface area contributed by atoms with Crippen molar-refractivity contribution < 1.29 is 4.79 Å². The van der Waals surface area contributed by atoms with Crippen molar-refractivity contribution in [1.29, 1.82) is 5.26 Å². The molecule has 100 valence electrons. The van der Waals surface area contributed by atoms with Gasteiger partial charge in [0, 0.05) is 17.3 Å². The summed E-state index contributed by atoms with van der Waals surface area (Å²) in [6, 6.07) is 7.64. The lowest BCUT2D eigenvalue weighted by Crippen LogP contribution is -2.10. The average molecular weight is 282 g/mol. The standard InChI is InChI=1S/C16H14N2OS/c17-9-13(12-5-3-7-18-10-12)16(19)15-8-11-4-1-2-6-14(11)20-15/h3,5,7-8,10,13H,1-2,4,6H2. The molecule has 3 rings (SSSR count). The van der Waals surface area contributed by atoms with E-state index in [9.17, 15) is 10.1 Å². The van der Waals surface area contributed by atoms with Crippen molar-refractivity contribution in [1.82, 2.24) is 4.98 Å². The van der Waals surface area contributed by atoms with Gasteiger partial charge in [0.25, 0.3) is 0 Å². The van der Waals surface area contributed by atoms with E-state index >= 15 is 0 Å². The number of nitriles is 1. The Hall–Kier alpha value is -1.99. The minimum absolute atomic E-state index is 0.0973. The number of Topliss-reactive ketones (excluding diaryl/α,β-unsaturated/α-hetero) is 1. The molecule has 1 unspecified atom stereocenters. The fourth-order valence-corrected chi connectivity index (χ4v) is 3.81. The lowest BCUT2D eigenvalue weighted by molar-refractivity contribution is 0.0982. The summed E-state index contributed by atoms with van der Waals surface area (Å²) in [5.74, 6) is -0.844. The van der Waals surface area contributed by atoms with Gasteiger partial charge in [-0.25, -0.2) is 0 Å². The lowest BCUT2D eigenvalue weighted by atomic mass is 9.95. The Morgan fingerprint density at radius 2 is 2.25 bits per heavy atom. The molecule has 0 aromatic carbocycles. The Balaban J connectivity index is 1.91.